The molecule has 116 valence electrons. The molecular formula is C17H15BrN4O. The number of amides is 1. The molecule has 0 aliphatic carbocycles. The normalized spacial score (nSPS) is 10.5. The van der Waals surface area contributed by atoms with Gasteiger partial charge in [0.2, 0.25) is 0 Å². The average molecular weight is 371 g/mol. The maximum atomic E-state index is 12.5. The van der Waals surface area contributed by atoms with Crippen LogP contribution in [0.15, 0.2) is 59.6 Å². The quantitative estimate of drug-likeness (QED) is 0.758. The lowest BCUT2D eigenvalue weighted by Crippen LogP contribution is -2.15. The fourth-order valence-corrected chi connectivity index (χ4v) is 2.66. The van der Waals surface area contributed by atoms with E-state index in [0.29, 0.717) is 11.5 Å². The standard InChI is InChI=1S/C17H15BrN4O/c1-2-12-10-13(18)6-7-14(12)21-17(23)15-4-3-5-16(20-15)22-9-8-19-11-22/h3-11H,2H2,1H3,(H,21,23). The van der Waals surface area contributed by atoms with Crippen molar-refractivity contribution in [3.8, 4) is 5.82 Å². The van der Waals surface area contributed by atoms with Crippen LogP contribution in [0.1, 0.15) is 23.0 Å². The molecule has 5 nitrogen and oxygen atoms in total. The summed E-state index contributed by atoms with van der Waals surface area (Å²) in [4.78, 5) is 20.9. The second-order valence-electron chi connectivity index (χ2n) is 4.96. The van der Waals surface area contributed by atoms with E-state index in [1.165, 1.54) is 0 Å². The molecule has 0 saturated carbocycles. The van der Waals surface area contributed by atoms with E-state index in [4.69, 9.17) is 0 Å². The van der Waals surface area contributed by atoms with Crippen LogP contribution in [0.5, 0.6) is 0 Å². The number of nitrogens with one attached hydrogen (secondary N) is 1. The summed E-state index contributed by atoms with van der Waals surface area (Å²) in [5.41, 5.74) is 2.23. The van der Waals surface area contributed by atoms with Crippen LogP contribution >= 0.6 is 15.9 Å². The van der Waals surface area contributed by atoms with Gasteiger partial charge in [-0.3, -0.25) is 9.36 Å². The highest BCUT2D eigenvalue weighted by Crippen LogP contribution is 2.22. The minimum atomic E-state index is -0.232. The number of aryl methyl sites for hydroxylation is 1. The molecule has 2 aromatic heterocycles. The van der Waals surface area contributed by atoms with Gasteiger partial charge < -0.3 is 5.32 Å². The van der Waals surface area contributed by atoms with Crippen molar-refractivity contribution in [3.63, 3.8) is 0 Å². The predicted octanol–water partition coefficient (Wildman–Crippen LogP) is 3.84. The molecule has 0 unspecified atom stereocenters. The highest BCUT2D eigenvalue weighted by atomic mass is 79.9. The molecule has 2 heterocycles. The van der Waals surface area contributed by atoms with Crippen molar-refractivity contribution in [3.05, 3.63) is 70.8 Å². The second-order valence-corrected chi connectivity index (χ2v) is 5.88. The number of halogens is 1. The van der Waals surface area contributed by atoms with Crippen LogP contribution in [-0.2, 0) is 6.42 Å². The molecule has 1 amide bonds. The molecular weight excluding hydrogens is 356 g/mol. The monoisotopic (exact) mass is 370 g/mol. The zero-order valence-electron chi connectivity index (χ0n) is 12.5. The molecule has 1 N–H and O–H groups in total. The number of benzene rings is 1. The first-order valence-electron chi connectivity index (χ1n) is 7.22. The molecule has 0 bridgehead atoms. The van der Waals surface area contributed by atoms with Gasteiger partial charge >= 0.3 is 0 Å². The third kappa shape index (κ3) is 3.48. The number of nitrogens with zero attached hydrogens (tertiary/aromatic N) is 3. The Kier molecular flexibility index (Phi) is 4.52. The van der Waals surface area contributed by atoms with Crippen LogP contribution in [0.3, 0.4) is 0 Å². The first-order chi connectivity index (χ1) is 11.2. The zero-order chi connectivity index (χ0) is 16.2. The molecule has 0 atom stereocenters. The first-order valence-corrected chi connectivity index (χ1v) is 8.02. The summed E-state index contributed by atoms with van der Waals surface area (Å²) in [6.45, 7) is 2.05. The van der Waals surface area contributed by atoms with E-state index in [0.717, 1.165) is 22.1 Å². The third-order valence-electron chi connectivity index (χ3n) is 3.43. The van der Waals surface area contributed by atoms with Crippen LogP contribution in [0.4, 0.5) is 5.69 Å². The number of pyridine rings is 1. The molecule has 0 fully saturated rings. The predicted molar refractivity (Wildman–Crippen MR) is 92.8 cm³/mol. The smallest absolute Gasteiger partial charge is 0.274 e. The molecule has 1 aromatic carbocycles. The number of anilines is 1. The lowest BCUT2D eigenvalue weighted by molar-refractivity contribution is 0.102. The SMILES string of the molecule is CCc1cc(Br)ccc1NC(=O)c1cccc(-n2ccnc2)n1. The van der Waals surface area contributed by atoms with Crippen molar-refractivity contribution in [2.75, 3.05) is 5.32 Å². The second kappa shape index (κ2) is 6.75. The lowest BCUT2D eigenvalue weighted by Gasteiger charge is -2.11. The van der Waals surface area contributed by atoms with Crippen LogP contribution in [0.25, 0.3) is 5.82 Å². The van der Waals surface area contributed by atoms with Crippen molar-refractivity contribution in [1.82, 2.24) is 14.5 Å². The maximum Gasteiger partial charge on any atom is 0.274 e. The van der Waals surface area contributed by atoms with Crippen molar-refractivity contribution in [1.29, 1.82) is 0 Å². The Morgan fingerprint density at radius 1 is 1.30 bits per heavy atom. The highest BCUT2D eigenvalue weighted by molar-refractivity contribution is 9.10. The van der Waals surface area contributed by atoms with E-state index < -0.39 is 0 Å². The van der Waals surface area contributed by atoms with Crippen LogP contribution in [0.2, 0.25) is 0 Å². The zero-order valence-corrected chi connectivity index (χ0v) is 14.1. The summed E-state index contributed by atoms with van der Waals surface area (Å²) in [5.74, 6) is 0.422. The van der Waals surface area contributed by atoms with Gasteiger partial charge in [-0.05, 0) is 42.3 Å². The molecule has 23 heavy (non-hydrogen) atoms. The number of aromatic nitrogens is 3. The molecule has 0 aliphatic rings. The molecule has 3 aromatic rings. The fraction of sp³-hybridized carbons (Fsp3) is 0.118. The van der Waals surface area contributed by atoms with Crippen molar-refractivity contribution in [2.24, 2.45) is 0 Å². The Hall–Kier alpha value is -2.47. The number of imidazole rings is 1. The van der Waals surface area contributed by atoms with Crippen molar-refractivity contribution < 1.29 is 4.79 Å². The van der Waals surface area contributed by atoms with Gasteiger partial charge in [0.1, 0.15) is 17.8 Å². The van der Waals surface area contributed by atoms with Crippen LogP contribution in [0, 0.1) is 0 Å². The van der Waals surface area contributed by atoms with Crippen molar-refractivity contribution in [2.45, 2.75) is 13.3 Å². The lowest BCUT2D eigenvalue weighted by atomic mass is 10.1. The molecule has 6 heteroatoms. The van der Waals surface area contributed by atoms with Gasteiger partial charge in [0.05, 0.1) is 0 Å². The fourth-order valence-electron chi connectivity index (χ4n) is 2.25. The summed E-state index contributed by atoms with van der Waals surface area (Å²) < 4.78 is 2.75. The number of carbonyl (C=O) groups excluding carboxylic acids is 1. The largest absolute Gasteiger partial charge is 0.320 e. The Morgan fingerprint density at radius 2 is 2.17 bits per heavy atom. The highest BCUT2D eigenvalue weighted by Gasteiger charge is 2.11. The summed E-state index contributed by atoms with van der Waals surface area (Å²) in [6, 6.07) is 11.1. The van der Waals surface area contributed by atoms with E-state index in [1.807, 2.05) is 24.3 Å². The Bertz CT molecular complexity index is 830. The number of hydrogen-bond donors (Lipinski definition) is 1. The minimum Gasteiger partial charge on any atom is -0.320 e. The number of hydrogen-bond acceptors (Lipinski definition) is 3. The van der Waals surface area contributed by atoms with Gasteiger partial charge in [0.15, 0.2) is 0 Å². The third-order valence-corrected chi connectivity index (χ3v) is 3.93. The number of carbonyl (C=O) groups is 1. The molecule has 0 spiro atoms. The summed E-state index contributed by atoms with van der Waals surface area (Å²) in [6.07, 6.45) is 5.93. The van der Waals surface area contributed by atoms with Gasteiger partial charge in [-0.1, -0.05) is 28.9 Å². The van der Waals surface area contributed by atoms with E-state index in [2.05, 4.69) is 38.1 Å². The molecule has 3 rings (SSSR count). The molecule has 0 saturated heterocycles. The van der Waals surface area contributed by atoms with Gasteiger partial charge in [0, 0.05) is 22.6 Å². The van der Waals surface area contributed by atoms with Gasteiger partial charge in [-0.2, -0.15) is 0 Å². The summed E-state index contributed by atoms with van der Waals surface area (Å²) >= 11 is 3.45. The van der Waals surface area contributed by atoms with Crippen LogP contribution < -0.4 is 5.32 Å². The average Bonchev–Trinajstić information content (AvgIpc) is 3.11. The molecule has 0 radical (unpaired) electrons. The van der Waals surface area contributed by atoms with E-state index >= 15 is 0 Å². The van der Waals surface area contributed by atoms with Gasteiger partial charge in [-0.25, -0.2) is 9.97 Å². The summed E-state index contributed by atoms with van der Waals surface area (Å²) in [7, 11) is 0. The molecule has 0 aliphatic heterocycles. The van der Waals surface area contributed by atoms with Crippen LogP contribution in [-0.4, -0.2) is 20.4 Å². The Balaban J connectivity index is 1.85. The summed E-state index contributed by atoms with van der Waals surface area (Å²) in [5, 5.41) is 2.93. The topological polar surface area (TPSA) is 59.8 Å². The van der Waals surface area contributed by atoms with Gasteiger partial charge in [0.25, 0.3) is 5.91 Å². The maximum absolute atomic E-state index is 12.5. The Morgan fingerprint density at radius 3 is 2.91 bits per heavy atom. The van der Waals surface area contributed by atoms with E-state index in [-0.39, 0.29) is 5.91 Å². The first kappa shape index (κ1) is 15.4. The van der Waals surface area contributed by atoms with Gasteiger partial charge in [-0.15, -0.1) is 0 Å². The Labute approximate surface area is 142 Å². The minimum absolute atomic E-state index is 0.232. The van der Waals surface area contributed by atoms with E-state index in [9.17, 15) is 4.79 Å². The van der Waals surface area contributed by atoms with Crippen molar-refractivity contribution >= 4 is 27.5 Å². The van der Waals surface area contributed by atoms with E-state index in [1.54, 1.807) is 35.4 Å². The number of rotatable bonds is 4.